The van der Waals surface area contributed by atoms with Gasteiger partial charge >= 0.3 is 0 Å². The maximum absolute atomic E-state index is 12.1. The molecule has 0 heterocycles. The molecule has 108 valence electrons. The predicted molar refractivity (Wildman–Crippen MR) is 82.6 cm³/mol. The van der Waals surface area contributed by atoms with E-state index in [9.17, 15) is 4.79 Å². The van der Waals surface area contributed by atoms with Gasteiger partial charge in [-0.2, -0.15) is 5.10 Å². The van der Waals surface area contributed by atoms with Crippen LogP contribution >= 0.6 is 0 Å². The standard InChI is InChI=1S/C17H24N2O/c1-2-9-16(14-10-5-3-6-11-14)18-19-17(20)15-12-7-4-8-13-15/h3,5-6,10-11,15H,2,4,7-9,12-13H2,1H3,(H,19,20)/b18-16+. The second-order valence-corrected chi connectivity index (χ2v) is 5.49. The number of nitrogens with one attached hydrogen (secondary N) is 1. The van der Waals surface area contributed by atoms with Gasteiger partial charge in [0, 0.05) is 5.92 Å². The molecule has 1 amide bonds. The molecule has 0 saturated heterocycles. The molecule has 3 heteroatoms. The lowest BCUT2D eigenvalue weighted by Crippen LogP contribution is -2.29. The number of rotatable bonds is 5. The molecule has 20 heavy (non-hydrogen) atoms. The van der Waals surface area contributed by atoms with E-state index in [1.165, 1.54) is 19.3 Å². The van der Waals surface area contributed by atoms with Crippen molar-refractivity contribution in [2.24, 2.45) is 11.0 Å². The minimum atomic E-state index is 0.0919. The number of hydrogen-bond donors (Lipinski definition) is 1. The highest BCUT2D eigenvalue weighted by Crippen LogP contribution is 2.23. The number of carbonyl (C=O) groups excluding carboxylic acids is 1. The summed E-state index contributed by atoms with van der Waals surface area (Å²) in [7, 11) is 0. The van der Waals surface area contributed by atoms with Crippen molar-refractivity contribution < 1.29 is 4.79 Å². The quantitative estimate of drug-likeness (QED) is 0.641. The van der Waals surface area contributed by atoms with E-state index in [-0.39, 0.29) is 11.8 Å². The minimum absolute atomic E-state index is 0.0919. The third-order valence-electron chi connectivity index (χ3n) is 3.87. The molecule has 0 radical (unpaired) electrons. The van der Waals surface area contributed by atoms with Crippen molar-refractivity contribution in [3.8, 4) is 0 Å². The van der Waals surface area contributed by atoms with Gasteiger partial charge in [-0.1, -0.05) is 62.9 Å². The van der Waals surface area contributed by atoms with Crippen LogP contribution in [-0.4, -0.2) is 11.6 Å². The van der Waals surface area contributed by atoms with E-state index in [1.807, 2.05) is 30.3 Å². The maximum atomic E-state index is 12.1. The normalized spacial score (nSPS) is 16.9. The summed E-state index contributed by atoms with van der Waals surface area (Å²) in [6.07, 6.45) is 7.52. The number of hydrazone groups is 1. The fraction of sp³-hybridized carbons (Fsp3) is 0.529. The molecule has 1 aliphatic rings. The van der Waals surface area contributed by atoms with Gasteiger partial charge in [-0.3, -0.25) is 4.79 Å². The van der Waals surface area contributed by atoms with E-state index in [0.717, 1.165) is 37.0 Å². The Balaban J connectivity index is 2.00. The third-order valence-corrected chi connectivity index (χ3v) is 3.87. The molecule has 0 unspecified atom stereocenters. The molecule has 0 bridgehead atoms. The molecule has 1 aliphatic carbocycles. The summed E-state index contributed by atoms with van der Waals surface area (Å²) in [5.41, 5.74) is 4.85. The Bertz CT molecular complexity index is 447. The van der Waals surface area contributed by atoms with Crippen molar-refractivity contribution in [2.45, 2.75) is 51.9 Å². The summed E-state index contributed by atoms with van der Waals surface area (Å²) in [5.74, 6) is 0.250. The van der Waals surface area contributed by atoms with Crippen LogP contribution in [0.3, 0.4) is 0 Å². The minimum Gasteiger partial charge on any atom is -0.273 e. The van der Waals surface area contributed by atoms with E-state index in [0.29, 0.717) is 0 Å². The van der Waals surface area contributed by atoms with Gasteiger partial charge in [0.05, 0.1) is 5.71 Å². The average Bonchev–Trinajstić information content (AvgIpc) is 2.53. The first-order valence-electron chi connectivity index (χ1n) is 7.73. The lowest BCUT2D eigenvalue weighted by Gasteiger charge is -2.19. The van der Waals surface area contributed by atoms with Gasteiger partial charge in [0.2, 0.25) is 5.91 Å². The topological polar surface area (TPSA) is 41.5 Å². The van der Waals surface area contributed by atoms with E-state index >= 15 is 0 Å². The number of benzene rings is 1. The summed E-state index contributed by atoms with van der Waals surface area (Å²) >= 11 is 0. The summed E-state index contributed by atoms with van der Waals surface area (Å²) in [6.45, 7) is 2.13. The van der Waals surface area contributed by atoms with Gasteiger partial charge in [0.25, 0.3) is 0 Å². The Hall–Kier alpha value is -1.64. The van der Waals surface area contributed by atoms with Gasteiger partial charge in [0.15, 0.2) is 0 Å². The van der Waals surface area contributed by atoms with Crippen LogP contribution in [0.4, 0.5) is 0 Å². The molecule has 0 atom stereocenters. The highest BCUT2D eigenvalue weighted by molar-refractivity contribution is 6.01. The molecule has 1 saturated carbocycles. The van der Waals surface area contributed by atoms with E-state index in [1.54, 1.807) is 0 Å². The lowest BCUT2D eigenvalue weighted by atomic mass is 9.89. The lowest BCUT2D eigenvalue weighted by molar-refractivity contribution is -0.125. The van der Waals surface area contributed by atoms with Gasteiger partial charge in [-0.15, -0.1) is 0 Å². The second-order valence-electron chi connectivity index (χ2n) is 5.49. The zero-order valence-electron chi connectivity index (χ0n) is 12.3. The molecule has 1 N–H and O–H groups in total. The van der Waals surface area contributed by atoms with Crippen molar-refractivity contribution in [3.63, 3.8) is 0 Å². The smallest absolute Gasteiger partial charge is 0.243 e. The summed E-state index contributed by atoms with van der Waals surface area (Å²) in [5, 5.41) is 4.38. The van der Waals surface area contributed by atoms with E-state index < -0.39 is 0 Å². The van der Waals surface area contributed by atoms with Gasteiger partial charge in [-0.25, -0.2) is 5.43 Å². The van der Waals surface area contributed by atoms with Crippen molar-refractivity contribution in [2.75, 3.05) is 0 Å². The van der Waals surface area contributed by atoms with E-state index in [2.05, 4.69) is 17.5 Å². The monoisotopic (exact) mass is 272 g/mol. The van der Waals surface area contributed by atoms with Crippen molar-refractivity contribution in [1.29, 1.82) is 0 Å². The molecule has 1 aromatic carbocycles. The Kier molecular flexibility index (Phi) is 5.78. The first kappa shape index (κ1) is 14.8. The molecular formula is C17H24N2O. The molecule has 0 spiro atoms. The summed E-state index contributed by atoms with van der Waals surface area (Å²) in [4.78, 5) is 12.1. The van der Waals surface area contributed by atoms with Gasteiger partial charge < -0.3 is 0 Å². The molecule has 3 nitrogen and oxygen atoms in total. The molecule has 2 rings (SSSR count). The van der Waals surface area contributed by atoms with Gasteiger partial charge in [-0.05, 0) is 24.8 Å². The van der Waals surface area contributed by atoms with Crippen LogP contribution < -0.4 is 5.43 Å². The second kappa shape index (κ2) is 7.83. The summed E-state index contributed by atoms with van der Waals surface area (Å²) < 4.78 is 0. The van der Waals surface area contributed by atoms with Crippen LogP contribution in [0.25, 0.3) is 0 Å². The number of carbonyl (C=O) groups is 1. The zero-order valence-corrected chi connectivity index (χ0v) is 12.3. The Labute approximate surface area is 121 Å². The molecular weight excluding hydrogens is 248 g/mol. The summed E-state index contributed by atoms with van der Waals surface area (Å²) in [6, 6.07) is 10.1. The van der Waals surface area contributed by atoms with E-state index in [4.69, 9.17) is 0 Å². The molecule has 1 fully saturated rings. The Morgan fingerprint density at radius 3 is 2.55 bits per heavy atom. The highest BCUT2D eigenvalue weighted by Gasteiger charge is 2.20. The fourth-order valence-corrected chi connectivity index (χ4v) is 2.71. The van der Waals surface area contributed by atoms with Crippen molar-refractivity contribution in [3.05, 3.63) is 35.9 Å². The SMILES string of the molecule is CCC/C(=N\NC(=O)C1CCCCC1)c1ccccc1. The van der Waals surface area contributed by atoms with Crippen LogP contribution in [-0.2, 0) is 4.79 Å². The molecule has 1 aromatic rings. The molecule has 0 aliphatic heterocycles. The van der Waals surface area contributed by atoms with Gasteiger partial charge in [0.1, 0.15) is 0 Å². The Morgan fingerprint density at radius 1 is 1.20 bits per heavy atom. The largest absolute Gasteiger partial charge is 0.273 e. The van der Waals surface area contributed by atoms with Crippen molar-refractivity contribution in [1.82, 2.24) is 5.43 Å². The number of nitrogens with zero attached hydrogens (tertiary/aromatic N) is 1. The van der Waals surface area contributed by atoms with Crippen LogP contribution in [0.15, 0.2) is 35.4 Å². The number of hydrogen-bond acceptors (Lipinski definition) is 2. The highest BCUT2D eigenvalue weighted by atomic mass is 16.2. The third kappa shape index (κ3) is 4.19. The first-order valence-corrected chi connectivity index (χ1v) is 7.73. The van der Waals surface area contributed by atoms with Crippen LogP contribution in [0, 0.1) is 5.92 Å². The predicted octanol–water partition coefficient (Wildman–Crippen LogP) is 3.89. The average molecular weight is 272 g/mol. The first-order chi connectivity index (χ1) is 9.81. The fourth-order valence-electron chi connectivity index (χ4n) is 2.71. The Morgan fingerprint density at radius 2 is 1.90 bits per heavy atom. The van der Waals surface area contributed by atoms with Crippen molar-refractivity contribution >= 4 is 11.6 Å². The van der Waals surface area contributed by atoms with Crippen LogP contribution in [0.1, 0.15) is 57.4 Å². The van der Waals surface area contributed by atoms with Crippen LogP contribution in [0.5, 0.6) is 0 Å². The maximum Gasteiger partial charge on any atom is 0.243 e. The van der Waals surface area contributed by atoms with Crippen LogP contribution in [0.2, 0.25) is 0 Å². The molecule has 0 aromatic heterocycles. The zero-order chi connectivity index (χ0) is 14.2. The number of amides is 1.